The third-order valence-corrected chi connectivity index (χ3v) is 10.5. The van der Waals surface area contributed by atoms with Gasteiger partial charge in [-0.15, -0.1) is 17.0 Å². The maximum atomic E-state index is 14.1. The second kappa shape index (κ2) is 12.6. The Hall–Kier alpha value is -5.57. The maximum absolute atomic E-state index is 14.1. The Balaban J connectivity index is 0.00000110. The predicted octanol–water partition coefficient (Wildman–Crippen LogP) is 1.22. The molecule has 9 N–H and O–H groups in total. The Morgan fingerprint density at radius 3 is 1.62 bits per heavy atom. The normalized spacial score (nSPS) is 12.2. The molecule has 0 aliphatic heterocycles. The molecule has 0 aliphatic rings. The molecular weight excluding hydrogens is 777 g/mol. The molecule has 52 heavy (non-hydrogen) atoms. The Bertz CT molecular complexity index is 3350. The molecule has 24 heteroatoms. The minimum atomic E-state index is -5.32. The summed E-state index contributed by atoms with van der Waals surface area (Å²) in [6.07, 6.45) is 0. The van der Waals surface area contributed by atoms with E-state index in [9.17, 15) is 45.1 Å². The van der Waals surface area contributed by atoms with Crippen molar-refractivity contribution in [3.8, 4) is 0 Å². The van der Waals surface area contributed by atoms with Gasteiger partial charge in [0.25, 0.3) is 20.2 Å². The lowest BCUT2D eigenvalue weighted by atomic mass is 9.98. The van der Waals surface area contributed by atoms with Crippen LogP contribution in [0.4, 0.5) is 11.4 Å². The van der Waals surface area contributed by atoms with Crippen LogP contribution in [0, 0.1) is 0 Å². The summed E-state index contributed by atoms with van der Waals surface area (Å²) in [5, 5.41) is 9.65. The summed E-state index contributed by atoms with van der Waals surface area (Å²) in [6.45, 7) is 0. The van der Waals surface area contributed by atoms with Crippen LogP contribution in [-0.4, -0.2) is 53.8 Å². The summed E-state index contributed by atoms with van der Waals surface area (Å²) in [5.74, 6) is 0. The number of H-pyrrole nitrogens is 2. The van der Waals surface area contributed by atoms with Gasteiger partial charge in [-0.3, -0.25) is 28.3 Å². The van der Waals surface area contributed by atoms with Crippen molar-refractivity contribution in [1.82, 2.24) is 9.97 Å². The smallest absolute Gasteiger partial charge is 0.397 e. The first-order chi connectivity index (χ1) is 24.3. The monoisotopic (exact) mass is 792 g/mol. The van der Waals surface area contributed by atoms with E-state index in [0.717, 1.165) is 18.2 Å². The van der Waals surface area contributed by atoms with Crippen molar-refractivity contribution in [3.63, 3.8) is 0 Å². The van der Waals surface area contributed by atoms with Crippen LogP contribution in [-0.2, 0) is 40.2 Å². The quantitative estimate of drug-likeness (QED) is 0.0245. The maximum Gasteiger partial charge on any atom is 0.425 e. The molecule has 0 saturated carbocycles. The van der Waals surface area contributed by atoms with Gasteiger partial charge in [-0.05, 0) is 18.2 Å². The van der Waals surface area contributed by atoms with Crippen LogP contribution in [0.2, 0.25) is 0 Å². The van der Waals surface area contributed by atoms with E-state index in [4.69, 9.17) is 29.4 Å². The number of aromatic amines is 2. The lowest BCUT2D eigenvalue weighted by Crippen LogP contribution is -2.19. The molecule has 0 amide bonds. The highest BCUT2D eigenvalue weighted by Gasteiger charge is 2.29. The fraction of sp³-hybridized carbons (Fsp3) is 0. The van der Waals surface area contributed by atoms with E-state index >= 15 is 0 Å². The molecule has 0 bridgehead atoms. The Kier molecular flexibility index (Phi) is 8.76. The zero-order valence-electron chi connectivity index (χ0n) is 25.0. The highest BCUT2D eigenvalue weighted by atomic mass is 32.2. The lowest BCUT2D eigenvalue weighted by molar-refractivity contribution is -0.432. The molecule has 0 fully saturated rings. The highest BCUT2D eigenvalue weighted by molar-refractivity contribution is 7.95. The van der Waals surface area contributed by atoms with Crippen molar-refractivity contribution < 1.29 is 53.2 Å². The van der Waals surface area contributed by atoms with Crippen LogP contribution >= 0.6 is 12.0 Å². The highest BCUT2D eigenvalue weighted by Crippen LogP contribution is 2.41. The van der Waals surface area contributed by atoms with Crippen LogP contribution < -0.4 is 33.2 Å². The summed E-state index contributed by atoms with van der Waals surface area (Å²) in [4.78, 5) is 58.8. The van der Waals surface area contributed by atoms with E-state index < -0.39 is 117 Å². The van der Waals surface area contributed by atoms with E-state index in [-0.39, 0.29) is 38.6 Å². The molecule has 7 rings (SSSR count). The topological polar surface area (TPSA) is 351 Å². The second-order valence-electron chi connectivity index (χ2n) is 10.7. The minimum absolute atomic E-state index is 0.0626. The van der Waals surface area contributed by atoms with Gasteiger partial charge in [0.2, 0.25) is 0 Å². The molecular formula is C28H16N4O16S4. The molecule has 0 atom stereocenters. The average Bonchev–Trinajstić information content (AvgIpc) is 3.06. The molecule has 7 aromatic rings. The van der Waals surface area contributed by atoms with Gasteiger partial charge in [0.1, 0.15) is 4.90 Å². The first-order valence-electron chi connectivity index (χ1n) is 13.6. The van der Waals surface area contributed by atoms with Crippen LogP contribution in [0.1, 0.15) is 0 Å². The van der Waals surface area contributed by atoms with E-state index in [2.05, 4.69) is 19.3 Å². The van der Waals surface area contributed by atoms with Gasteiger partial charge >= 0.3 is 10.6 Å². The molecule has 1 aromatic heterocycles. The lowest BCUT2D eigenvalue weighted by Gasteiger charge is -2.17. The molecule has 6 aromatic carbocycles. The Morgan fingerprint density at radius 2 is 1.10 bits per heavy atom. The van der Waals surface area contributed by atoms with Gasteiger partial charge in [-0.2, -0.15) is 16.8 Å². The first kappa shape index (κ1) is 36.2. The van der Waals surface area contributed by atoms with Crippen LogP contribution in [0.5, 0.6) is 0 Å². The third kappa shape index (κ3) is 5.59. The Labute approximate surface area is 291 Å². The summed E-state index contributed by atoms with van der Waals surface area (Å²) in [6, 6.07) is 8.25. The molecule has 1 heterocycles. The number of fused-ring (bicyclic) bond motifs is 8. The summed E-state index contributed by atoms with van der Waals surface area (Å²) in [7, 11) is -13.3. The SMILES string of the molecule is Nc1c(SOOO)c2[nH]c3c([nH]c2c2c(=O)c4cc(S(=O)(=O)O)ccc4c(=O)c12)c(S(=O)(=O)O)c(N)c1c(=O)c2ccccc2c(=O)c13.O=S(=O)=O. The fourth-order valence-electron chi connectivity index (χ4n) is 6.05. The molecule has 0 spiro atoms. The van der Waals surface area contributed by atoms with Crippen LogP contribution in [0.3, 0.4) is 0 Å². The molecule has 0 unspecified atom stereocenters. The third-order valence-electron chi connectivity index (χ3n) is 7.99. The van der Waals surface area contributed by atoms with Gasteiger partial charge in [0.15, 0.2) is 21.7 Å². The number of nitrogens with one attached hydrogen (secondary N) is 2. The summed E-state index contributed by atoms with van der Waals surface area (Å²) < 4.78 is 99.2. The van der Waals surface area contributed by atoms with E-state index in [0.29, 0.717) is 0 Å². The van der Waals surface area contributed by atoms with Crippen molar-refractivity contribution in [2.75, 3.05) is 11.5 Å². The number of aromatic nitrogens is 2. The average molecular weight is 793 g/mol. The van der Waals surface area contributed by atoms with Crippen molar-refractivity contribution in [1.29, 1.82) is 0 Å². The Morgan fingerprint density at radius 1 is 0.635 bits per heavy atom. The van der Waals surface area contributed by atoms with Gasteiger partial charge in [0.05, 0.1) is 76.8 Å². The van der Waals surface area contributed by atoms with E-state index in [1.807, 2.05) is 0 Å². The first-order valence-corrected chi connectivity index (χ1v) is 18.2. The van der Waals surface area contributed by atoms with Crippen molar-refractivity contribution in [2.24, 2.45) is 0 Å². The number of hydrogen-bond acceptors (Lipinski definition) is 17. The fourth-order valence-corrected chi connectivity index (χ4v) is 7.87. The van der Waals surface area contributed by atoms with Crippen molar-refractivity contribution in [3.05, 3.63) is 83.4 Å². The second-order valence-corrected chi connectivity index (χ2v) is 14.6. The van der Waals surface area contributed by atoms with E-state index in [1.165, 1.54) is 24.3 Å². The number of nitrogen functional groups attached to an aromatic ring is 2. The molecule has 268 valence electrons. The van der Waals surface area contributed by atoms with Crippen molar-refractivity contribution >= 4 is 119 Å². The van der Waals surface area contributed by atoms with Crippen LogP contribution in [0.15, 0.2) is 76.3 Å². The number of nitrogens with two attached hydrogens (primary N) is 2. The number of hydrogen-bond donors (Lipinski definition) is 7. The summed E-state index contributed by atoms with van der Waals surface area (Å²) in [5.41, 5.74) is 6.05. The van der Waals surface area contributed by atoms with Gasteiger partial charge < -0.3 is 21.4 Å². The molecule has 0 radical (unpaired) electrons. The minimum Gasteiger partial charge on any atom is -0.397 e. The zero-order valence-corrected chi connectivity index (χ0v) is 28.2. The van der Waals surface area contributed by atoms with Gasteiger partial charge in [-0.25, -0.2) is 5.26 Å². The zero-order chi connectivity index (χ0) is 38.2. The van der Waals surface area contributed by atoms with Crippen molar-refractivity contribution in [2.45, 2.75) is 14.7 Å². The number of rotatable bonds is 5. The molecule has 0 saturated heterocycles. The predicted molar refractivity (Wildman–Crippen MR) is 185 cm³/mol. The summed E-state index contributed by atoms with van der Waals surface area (Å²) >= 11 is 0.220. The number of anilines is 2. The molecule has 20 nitrogen and oxygen atoms in total. The van der Waals surface area contributed by atoms with Crippen LogP contribution in [0.25, 0.3) is 65.2 Å². The van der Waals surface area contributed by atoms with E-state index in [1.54, 1.807) is 0 Å². The largest absolute Gasteiger partial charge is 0.425 e. The standard InChI is InChI=1S/C28H16N4O13S3.O3S/c29-17-13-15(26(36)12-7-8(47(38,39)40)5-6-11(12)24(13)34)19-21(27(17)46-45-44-37)31-20-16-14(18(30)28(22(20)32-19)48(41,42)43)23(33)9-3-1-2-4-10(9)25(16)35;1-4(2)3/h1-7,31-32,37H,29-30H2,(H,38,39,40)(H,41,42,43);. The van der Waals surface area contributed by atoms with Gasteiger partial charge in [-0.1, -0.05) is 29.3 Å². The molecule has 0 aliphatic carbocycles. The number of benzene rings is 6. The van der Waals surface area contributed by atoms with Gasteiger partial charge in [0, 0.05) is 21.5 Å².